The van der Waals surface area contributed by atoms with Gasteiger partial charge in [0.1, 0.15) is 11.6 Å². The van der Waals surface area contributed by atoms with Gasteiger partial charge in [0.05, 0.1) is 11.5 Å². The van der Waals surface area contributed by atoms with Crippen LogP contribution in [0.5, 0.6) is 0 Å². The summed E-state index contributed by atoms with van der Waals surface area (Å²) in [7, 11) is 0. The second-order valence-corrected chi connectivity index (χ2v) is 8.89. The highest BCUT2D eigenvalue weighted by molar-refractivity contribution is 7.99. The third kappa shape index (κ3) is 3.30. The van der Waals surface area contributed by atoms with Gasteiger partial charge in [0.25, 0.3) is 5.56 Å². The molecular weight excluding hydrogens is 370 g/mol. The third-order valence-corrected chi connectivity index (χ3v) is 6.28. The molecule has 2 heterocycles. The summed E-state index contributed by atoms with van der Waals surface area (Å²) < 4.78 is 0. The molecule has 0 radical (unpaired) electrons. The van der Waals surface area contributed by atoms with Crippen molar-refractivity contribution in [3.63, 3.8) is 0 Å². The zero-order chi connectivity index (χ0) is 19.8. The molecule has 0 fully saturated rings. The number of nitrogens with one attached hydrogen (secondary N) is 2. The summed E-state index contributed by atoms with van der Waals surface area (Å²) >= 11 is 1.50. The average molecular weight is 396 g/mol. The maximum absolute atomic E-state index is 13.0. The number of allylic oxidation sites excluding steroid dienone is 2. The van der Waals surface area contributed by atoms with Crippen molar-refractivity contribution >= 4 is 23.4 Å². The number of aromatic amines is 1. The molecule has 0 saturated carbocycles. The number of benzene rings is 1. The van der Waals surface area contributed by atoms with Gasteiger partial charge in [-0.25, -0.2) is 4.98 Å². The summed E-state index contributed by atoms with van der Waals surface area (Å²) in [5.41, 5.74) is 3.51. The van der Waals surface area contributed by atoms with Crippen LogP contribution in [0.4, 0.5) is 5.82 Å². The molecule has 4 rings (SSSR count). The van der Waals surface area contributed by atoms with E-state index in [0.29, 0.717) is 28.9 Å². The van der Waals surface area contributed by atoms with Gasteiger partial charge in [-0.3, -0.25) is 9.59 Å². The lowest BCUT2D eigenvalue weighted by Gasteiger charge is -2.36. The summed E-state index contributed by atoms with van der Waals surface area (Å²) in [4.78, 5) is 33.4. The number of H-pyrrole nitrogens is 1. The zero-order valence-electron chi connectivity index (χ0n) is 16.4. The maximum atomic E-state index is 13.0. The van der Waals surface area contributed by atoms with Crippen LogP contribution in [0.2, 0.25) is 0 Å². The van der Waals surface area contributed by atoms with E-state index in [0.717, 1.165) is 23.4 Å². The van der Waals surface area contributed by atoms with Crippen molar-refractivity contribution < 1.29 is 4.79 Å². The molecule has 5 nitrogen and oxygen atoms in total. The Hall–Kier alpha value is -2.34. The predicted octanol–water partition coefficient (Wildman–Crippen LogP) is 4.43. The van der Waals surface area contributed by atoms with Gasteiger partial charge < -0.3 is 10.3 Å². The maximum Gasteiger partial charge on any atom is 0.257 e. The first-order valence-electron chi connectivity index (χ1n) is 9.86. The molecule has 0 bridgehead atoms. The molecule has 1 aliphatic carbocycles. The topological polar surface area (TPSA) is 74.8 Å². The van der Waals surface area contributed by atoms with Crippen molar-refractivity contribution in [1.82, 2.24) is 9.97 Å². The van der Waals surface area contributed by atoms with Crippen molar-refractivity contribution in [2.75, 3.05) is 11.1 Å². The van der Waals surface area contributed by atoms with Crippen LogP contribution in [0.25, 0.3) is 0 Å². The van der Waals surface area contributed by atoms with Crippen molar-refractivity contribution in [1.29, 1.82) is 0 Å². The van der Waals surface area contributed by atoms with E-state index in [9.17, 15) is 9.59 Å². The molecule has 0 unspecified atom stereocenters. The molecule has 2 atom stereocenters. The Kier molecular flexibility index (Phi) is 5.15. The molecule has 1 aromatic heterocycles. The van der Waals surface area contributed by atoms with Crippen molar-refractivity contribution in [3.8, 4) is 0 Å². The van der Waals surface area contributed by atoms with E-state index >= 15 is 0 Å². The van der Waals surface area contributed by atoms with Gasteiger partial charge in [0, 0.05) is 18.0 Å². The summed E-state index contributed by atoms with van der Waals surface area (Å²) in [5, 5.41) is 3.90. The van der Waals surface area contributed by atoms with Gasteiger partial charge in [-0.2, -0.15) is 0 Å². The van der Waals surface area contributed by atoms with Gasteiger partial charge in [-0.05, 0) is 29.2 Å². The molecular formula is C22H25N3O2S. The van der Waals surface area contributed by atoms with Gasteiger partial charge in [0.15, 0.2) is 5.16 Å². The molecule has 28 heavy (non-hydrogen) atoms. The van der Waals surface area contributed by atoms with Gasteiger partial charge in [0.2, 0.25) is 0 Å². The fourth-order valence-electron chi connectivity index (χ4n) is 4.12. The first-order chi connectivity index (χ1) is 13.5. The molecule has 146 valence electrons. The first-order valence-corrected chi connectivity index (χ1v) is 10.8. The quantitative estimate of drug-likeness (QED) is 0.592. The number of hydrogen-bond donors (Lipinski definition) is 2. The Bertz CT molecular complexity index is 992. The molecule has 1 aliphatic heterocycles. The predicted molar refractivity (Wildman–Crippen MR) is 113 cm³/mol. The zero-order valence-corrected chi connectivity index (χ0v) is 17.2. The van der Waals surface area contributed by atoms with Crippen LogP contribution in [0, 0.1) is 5.92 Å². The highest BCUT2D eigenvalue weighted by atomic mass is 32.2. The number of ketones is 1. The highest BCUT2D eigenvalue weighted by Crippen LogP contribution is 2.45. The molecule has 0 amide bonds. The average Bonchev–Trinajstić information content (AvgIpc) is 2.67. The smallest absolute Gasteiger partial charge is 0.257 e. The highest BCUT2D eigenvalue weighted by Gasteiger charge is 2.42. The number of anilines is 1. The standard InChI is InChI=1S/C22H25N3O2S/c1-4-28-22-24-20-19(21(27)25-22)17(14-10-8-13(9-11-14)12(2)3)18-15(23-20)6-5-7-16(18)26/h6,8-12,17-18H,4-5,7H2,1-3H3,(H2,23,24,25,27)/t17-,18-/m0/s1. The van der Waals surface area contributed by atoms with Crippen molar-refractivity contribution in [2.24, 2.45) is 5.92 Å². The fraction of sp³-hybridized carbons (Fsp3) is 0.409. The Morgan fingerprint density at radius 3 is 2.61 bits per heavy atom. The van der Waals surface area contributed by atoms with Crippen molar-refractivity contribution in [3.05, 3.63) is 63.1 Å². The third-order valence-electron chi connectivity index (χ3n) is 5.52. The van der Waals surface area contributed by atoms with Crippen LogP contribution in [0.15, 0.2) is 46.0 Å². The molecule has 0 saturated heterocycles. The van der Waals surface area contributed by atoms with E-state index in [1.807, 2.05) is 6.92 Å². The van der Waals surface area contributed by atoms with Crippen LogP contribution in [-0.4, -0.2) is 21.5 Å². The van der Waals surface area contributed by atoms with Crippen LogP contribution < -0.4 is 10.9 Å². The number of thioether (sulfide) groups is 1. The van der Waals surface area contributed by atoms with E-state index in [4.69, 9.17) is 0 Å². The normalized spacial score (nSPS) is 21.0. The summed E-state index contributed by atoms with van der Waals surface area (Å²) in [6.45, 7) is 6.33. The first kappa shape index (κ1) is 19.0. The molecule has 1 aromatic carbocycles. The number of hydrogen-bond acceptors (Lipinski definition) is 5. The Morgan fingerprint density at radius 1 is 1.18 bits per heavy atom. The van der Waals surface area contributed by atoms with Crippen LogP contribution in [0.3, 0.4) is 0 Å². The SMILES string of the molecule is CCSc1nc2c(c(=O)[nH]1)[C@@H](c1ccc(C(C)C)cc1)[C@@H]1C(=O)CCC=C1N2. The molecule has 0 spiro atoms. The molecule has 2 aromatic rings. The Morgan fingerprint density at radius 2 is 1.93 bits per heavy atom. The Labute approximate surface area is 169 Å². The monoisotopic (exact) mass is 395 g/mol. The van der Waals surface area contributed by atoms with Gasteiger partial charge >= 0.3 is 0 Å². The Balaban J connectivity index is 1.89. The minimum absolute atomic E-state index is 0.163. The second kappa shape index (κ2) is 7.59. The number of carbonyl (C=O) groups excluding carboxylic acids is 1. The lowest BCUT2D eigenvalue weighted by atomic mass is 9.72. The van der Waals surface area contributed by atoms with Gasteiger partial charge in [-0.15, -0.1) is 0 Å². The summed E-state index contributed by atoms with van der Waals surface area (Å²) in [6.07, 6.45) is 3.33. The number of aromatic nitrogens is 2. The number of fused-ring (bicyclic) bond motifs is 2. The number of nitrogens with zero attached hydrogens (tertiary/aromatic N) is 1. The molecule has 2 aliphatic rings. The lowest BCUT2D eigenvalue weighted by Crippen LogP contribution is -2.38. The van der Waals surface area contributed by atoms with E-state index in [2.05, 4.69) is 59.5 Å². The minimum Gasteiger partial charge on any atom is -0.343 e. The largest absolute Gasteiger partial charge is 0.343 e. The van der Waals surface area contributed by atoms with Crippen molar-refractivity contribution in [2.45, 2.75) is 50.6 Å². The second-order valence-electron chi connectivity index (χ2n) is 7.63. The molecule has 2 N–H and O–H groups in total. The van der Waals surface area contributed by atoms with E-state index < -0.39 is 0 Å². The van der Waals surface area contributed by atoms with E-state index in [-0.39, 0.29) is 23.2 Å². The number of Topliss-reactive ketones (excluding diaryl/α,β-unsaturated/α-hetero) is 1. The van der Waals surface area contributed by atoms with E-state index in [1.165, 1.54) is 17.3 Å². The summed E-state index contributed by atoms with van der Waals surface area (Å²) in [5.74, 6) is 1.35. The minimum atomic E-state index is -0.348. The van der Waals surface area contributed by atoms with Gasteiger partial charge in [-0.1, -0.05) is 62.9 Å². The number of rotatable bonds is 4. The fourth-order valence-corrected chi connectivity index (χ4v) is 4.72. The van der Waals surface area contributed by atoms with E-state index in [1.54, 1.807) is 0 Å². The van der Waals surface area contributed by atoms with Crippen LogP contribution in [0.1, 0.15) is 62.1 Å². The number of carbonyl (C=O) groups is 1. The van der Waals surface area contributed by atoms with Crippen LogP contribution in [-0.2, 0) is 4.79 Å². The lowest BCUT2D eigenvalue weighted by molar-refractivity contribution is -0.122. The summed E-state index contributed by atoms with van der Waals surface area (Å²) in [6, 6.07) is 8.31. The van der Waals surface area contributed by atoms with Crippen LogP contribution >= 0.6 is 11.8 Å². The molecule has 6 heteroatoms.